The Kier molecular flexibility index (Phi) is 3.39. The van der Waals surface area contributed by atoms with Gasteiger partial charge in [0.15, 0.2) is 0 Å². The molecule has 18 heavy (non-hydrogen) atoms. The van der Waals surface area contributed by atoms with Gasteiger partial charge in [-0.15, -0.1) is 11.8 Å². The van der Waals surface area contributed by atoms with E-state index in [0.717, 1.165) is 19.6 Å². The van der Waals surface area contributed by atoms with Gasteiger partial charge in [-0.2, -0.15) is 0 Å². The van der Waals surface area contributed by atoms with Crippen LogP contribution in [0.15, 0.2) is 65.6 Å². The van der Waals surface area contributed by atoms with E-state index in [-0.39, 0.29) is 4.75 Å². The molecule has 2 aromatic rings. The zero-order chi connectivity index (χ0) is 12.3. The van der Waals surface area contributed by atoms with Crippen LogP contribution in [0.5, 0.6) is 0 Å². The van der Waals surface area contributed by atoms with Crippen LogP contribution in [0.4, 0.5) is 0 Å². The fourth-order valence-corrected chi connectivity index (χ4v) is 3.70. The van der Waals surface area contributed by atoms with Crippen LogP contribution in [0.3, 0.4) is 0 Å². The Bertz CT molecular complexity index is 489. The summed E-state index contributed by atoms with van der Waals surface area (Å²) in [6.07, 6.45) is 1.08. The molecule has 0 bridgehead atoms. The zero-order valence-corrected chi connectivity index (χ0v) is 11.0. The average molecular weight is 256 g/mol. The molecule has 1 nitrogen and oxygen atoms in total. The fraction of sp³-hybridized carbons (Fsp3) is 0.250. The van der Waals surface area contributed by atoms with Crippen molar-refractivity contribution in [1.82, 2.24) is 0 Å². The molecule has 1 aliphatic heterocycles. The van der Waals surface area contributed by atoms with Crippen molar-refractivity contribution in [2.75, 3.05) is 13.2 Å². The Morgan fingerprint density at radius 3 is 2.17 bits per heavy atom. The zero-order valence-electron chi connectivity index (χ0n) is 10.2. The van der Waals surface area contributed by atoms with Gasteiger partial charge in [0.25, 0.3) is 0 Å². The van der Waals surface area contributed by atoms with Crippen molar-refractivity contribution in [2.45, 2.75) is 16.1 Å². The summed E-state index contributed by atoms with van der Waals surface area (Å²) in [6.45, 7) is 1.66. The Labute approximate surface area is 112 Å². The predicted octanol–water partition coefficient (Wildman–Crippen LogP) is 4.09. The largest absolute Gasteiger partial charge is 0.380 e. The maximum atomic E-state index is 5.67. The Hall–Kier alpha value is -1.25. The van der Waals surface area contributed by atoms with E-state index in [1.54, 1.807) is 0 Å². The third-order valence-corrected chi connectivity index (χ3v) is 4.80. The van der Waals surface area contributed by atoms with Crippen molar-refractivity contribution < 1.29 is 4.74 Å². The minimum absolute atomic E-state index is 0.0859. The summed E-state index contributed by atoms with van der Waals surface area (Å²) in [5, 5.41) is 0. The molecule has 1 heterocycles. The highest BCUT2D eigenvalue weighted by Gasteiger charge is 2.37. The first kappa shape index (κ1) is 11.8. The third kappa shape index (κ3) is 2.31. The highest BCUT2D eigenvalue weighted by Crippen LogP contribution is 2.46. The first-order chi connectivity index (χ1) is 8.89. The molecule has 1 aliphatic rings. The summed E-state index contributed by atoms with van der Waals surface area (Å²) >= 11 is 1.93. The van der Waals surface area contributed by atoms with E-state index in [1.165, 1.54) is 10.5 Å². The summed E-state index contributed by atoms with van der Waals surface area (Å²) in [5.74, 6) is 0. The number of thioether (sulfide) groups is 1. The maximum Gasteiger partial charge on any atom is 0.0710 e. The van der Waals surface area contributed by atoms with Crippen molar-refractivity contribution in [2.24, 2.45) is 0 Å². The lowest BCUT2D eigenvalue weighted by Gasteiger charge is -2.27. The fourth-order valence-electron chi connectivity index (χ4n) is 2.37. The molecule has 1 fully saturated rings. The van der Waals surface area contributed by atoms with Crippen LogP contribution in [-0.2, 0) is 9.48 Å². The second-order valence-electron chi connectivity index (χ2n) is 4.58. The quantitative estimate of drug-likeness (QED) is 0.818. The molecular formula is C16H16OS. The van der Waals surface area contributed by atoms with Gasteiger partial charge >= 0.3 is 0 Å². The first-order valence-electron chi connectivity index (χ1n) is 6.26. The van der Waals surface area contributed by atoms with E-state index in [4.69, 9.17) is 4.74 Å². The van der Waals surface area contributed by atoms with Crippen LogP contribution >= 0.6 is 11.8 Å². The molecule has 2 aromatic carbocycles. The second kappa shape index (κ2) is 5.17. The number of hydrogen-bond donors (Lipinski definition) is 0. The van der Waals surface area contributed by atoms with Gasteiger partial charge in [0.1, 0.15) is 0 Å². The molecule has 92 valence electrons. The standard InChI is InChI=1S/C16H16OS/c1-3-7-14(8-4-1)16(11-12-17-13-16)18-15-9-5-2-6-10-15/h1-10H,11-13H2. The smallest absolute Gasteiger partial charge is 0.0710 e. The maximum absolute atomic E-state index is 5.67. The molecule has 0 radical (unpaired) electrons. The lowest BCUT2D eigenvalue weighted by atomic mass is 9.97. The van der Waals surface area contributed by atoms with Gasteiger partial charge < -0.3 is 4.74 Å². The molecule has 0 amide bonds. The lowest BCUT2D eigenvalue weighted by molar-refractivity contribution is 0.190. The monoisotopic (exact) mass is 256 g/mol. The van der Waals surface area contributed by atoms with Crippen molar-refractivity contribution in [3.8, 4) is 0 Å². The van der Waals surface area contributed by atoms with Crippen LogP contribution in [0.2, 0.25) is 0 Å². The van der Waals surface area contributed by atoms with Gasteiger partial charge in [0.05, 0.1) is 11.4 Å². The van der Waals surface area contributed by atoms with Crippen molar-refractivity contribution in [3.63, 3.8) is 0 Å². The number of benzene rings is 2. The van der Waals surface area contributed by atoms with Crippen LogP contribution in [0.25, 0.3) is 0 Å². The van der Waals surface area contributed by atoms with Crippen LogP contribution in [0, 0.1) is 0 Å². The summed E-state index contributed by atoms with van der Waals surface area (Å²) in [6, 6.07) is 21.3. The molecule has 1 saturated heterocycles. The van der Waals surface area contributed by atoms with Gasteiger partial charge in [0, 0.05) is 11.5 Å². The Morgan fingerprint density at radius 2 is 1.56 bits per heavy atom. The van der Waals surface area contributed by atoms with Gasteiger partial charge in [-0.1, -0.05) is 48.5 Å². The minimum atomic E-state index is 0.0859. The van der Waals surface area contributed by atoms with Gasteiger partial charge in [-0.25, -0.2) is 0 Å². The van der Waals surface area contributed by atoms with Crippen LogP contribution in [0.1, 0.15) is 12.0 Å². The Balaban J connectivity index is 1.93. The molecule has 0 saturated carbocycles. The summed E-state index contributed by atoms with van der Waals surface area (Å²) in [4.78, 5) is 1.31. The minimum Gasteiger partial charge on any atom is -0.380 e. The number of ether oxygens (including phenoxy) is 1. The predicted molar refractivity (Wildman–Crippen MR) is 75.9 cm³/mol. The van der Waals surface area contributed by atoms with Crippen molar-refractivity contribution in [3.05, 3.63) is 66.2 Å². The van der Waals surface area contributed by atoms with Crippen molar-refractivity contribution in [1.29, 1.82) is 0 Å². The van der Waals surface area contributed by atoms with Gasteiger partial charge in [-0.05, 0) is 24.1 Å². The molecule has 0 spiro atoms. The Morgan fingerprint density at radius 1 is 0.889 bits per heavy atom. The molecule has 1 unspecified atom stereocenters. The first-order valence-corrected chi connectivity index (χ1v) is 7.08. The second-order valence-corrected chi connectivity index (χ2v) is 6.04. The van der Waals surface area contributed by atoms with E-state index in [2.05, 4.69) is 60.7 Å². The van der Waals surface area contributed by atoms with Gasteiger partial charge in [0.2, 0.25) is 0 Å². The number of rotatable bonds is 3. The normalized spacial score (nSPS) is 23.1. The van der Waals surface area contributed by atoms with Gasteiger partial charge in [-0.3, -0.25) is 0 Å². The molecule has 3 rings (SSSR count). The van der Waals surface area contributed by atoms with E-state index in [0.29, 0.717) is 0 Å². The van der Waals surface area contributed by atoms with E-state index in [9.17, 15) is 0 Å². The van der Waals surface area contributed by atoms with Crippen LogP contribution < -0.4 is 0 Å². The molecule has 2 heteroatoms. The molecule has 0 N–H and O–H groups in total. The van der Waals surface area contributed by atoms with Crippen LogP contribution in [-0.4, -0.2) is 13.2 Å². The van der Waals surface area contributed by atoms with E-state index in [1.807, 2.05) is 11.8 Å². The van der Waals surface area contributed by atoms with E-state index < -0.39 is 0 Å². The average Bonchev–Trinajstić information content (AvgIpc) is 2.91. The molecule has 0 aliphatic carbocycles. The summed E-state index contributed by atoms with van der Waals surface area (Å²) in [7, 11) is 0. The summed E-state index contributed by atoms with van der Waals surface area (Å²) < 4.78 is 5.75. The highest BCUT2D eigenvalue weighted by atomic mass is 32.2. The molecular weight excluding hydrogens is 240 g/mol. The van der Waals surface area contributed by atoms with Crippen molar-refractivity contribution >= 4 is 11.8 Å². The topological polar surface area (TPSA) is 9.23 Å². The number of hydrogen-bond acceptors (Lipinski definition) is 2. The summed E-state index contributed by atoms with van der Waals surface area (Å²) in [5.41, 5.74) is 1.37. The SMILES string of the molecule is c1ccc(SC2(c3ccccc3)CCOC2)cc1. The third-order valence-electron chi connectivity index (χ3n) is 3.34. The lowest BCUT2D eigenvalue weighted by Crippen LogP contribution is -2.21. The molecule has 1 atom stereocenters. The molecule has 0 aromatic heterocycles. The highest BCUT2D eigenvalue weighted by molar-refractivity contribution is 8.00. The van der Waals surface area contributed by atoms with E-state index >= 15 is 0 Å².